The molecule has 1 aromatic rings. The second-order valence-electron chi connectivity index (χ2n) is 5.65. The van der Waals surface area contributed by atoms with Gasteiger partial charge in [-0.1, -0.05) is 60.8 Å². The maximum atomic E-state index is 6.31. The smallest absolute Gasteiger partial charge is 0.0449 e. The SMILES string of the molecule is CCCC(CNCC(C)C)Cc1ccc(Br)cc1Cl. The number of hydrogen-bond acceptors (Lipinski definition) is 1. The number of benzene rings is 1. The Labute approximate surface area is 131 Å². The molecule has 1 atom stereocenters. The van der Waals surface area contributed by atoms with Gasteiger partial charge in [0.15, 0.2) is 0 Å². The fraction of sp³-hybridized carbons (Fsp3) is 0.625. The van der Waals surface area contributed by atoms with Crippen LogP contribution in [0.15, 0.2) is 22.7 Å². The zero-order valence-electron chi connectivity index (χ0n) is 12.2. The average molecular weight is 347 g/mol. The molecule has 0 aliphatic heterocycles. The highest BCUT2D eigenvalue weighted by molar-refractivity contribution is 9.10. The Kier molecular flexibility index (Phi) is 8.05. The Morgan fingerprint density at radius 2 is 2.00 bits per heavy atom. The lowest BCUT2D eigenvalue weighted by atomic mass is 9.95. The molecule has 0 aliphatic carbocycles. The quantitative estimate of drug-likeness (QED) is 0.673. The minimum atomic E-state index is 0.669. The summed E-state index contributed by atoms with van der Waals surface area (Å²) in [5.74, 6) is 1.38. The molecule has 0 bridgehead atoms. The topological polar surface area (TPSA) is 12.0 Å². The lowest BCUT2D eigenvalue weighted by Crippen LogP contribution is -2.27. The molecule has 0 saturated heterocycles. The van der Waals surface area contributed by atoms with Crippen LogP contribution in [-0.4, -0.2) is 13.1 Å². The van der Waals surface area contributed by atoms with Gasteiger partial charge in [-0.25, -0.2) is 0 Å². The predicted molar refractivity (Wildman–Crippen MR) is 89.0 cm³/mol. The molecule has 0 fully saturated rings. The monoisotopic (exact) mass is 345 g/mol. The van der Waals surface area contributed by atoms with Crippen LogP contribution in [0.4, 0.5) is 0 Å². The summed E-state index contributed by atoms with van der Waals surface area (Å²) in [7, 11) is 0. The minimum absolute atomic E-state index is 0.669. The van der Waals surface area contributed by atoms with Gasteiger partial charge in [0.05, 0.1) is 0 Å². The first-order chi connectivity index (χ1) is 9.02. The fourth-order valence-corrected chi connectivity index (χ4v) is 3.01. The van der Waals surface area contributed by atoms with Crippen molar-refractivity contribution in [3.63, 3.8) is 0 Å². The first-order valence-corrected chi connectivity index (χ1v) is 8.34. The van der Waals surface area contributed by atoms with Gasteiger partial charge >= 0.3 is 0 Å². The van der Waals surface area contributed by atoms with E-state index in [1.807, 2.05) is 6.07 Å². The summed E-state index contributed by atoms with van der Waals surface area (Å²) in [6, 6.07) is 6.20. The molecule has 1 aromatic carbocycles. The zero-order chi connectivity index (χ0) is 14.3. The van der Waals surface area contributed by atoms with E-state index in [4.69, 9.17) is 11.6 Å². The van der Waals surface area contributed by atoms with Gasteiger partial charge in [-0.05, 0) is 55.5 Å². The van der Waals surface area contributed by atoms with E-state index in [1.165, 1.54) is 18.4 Å². The fourth-order valence-electron chi connectivity index (χ4n) is 2.26. The highest BCUT2D eigenvalue weighted by Gasteiger charge is 2.11. The molecule has 0 heterocycles. The molecular formula is C16H25BrClN. The van der Waals surface area contributed by atoms with Crippen LogP contribution in [0, 0.1) is 11.8 Å². The number of nitrogens with one attached hydrogen (secondary N) is 1. The second-order valence-corrected chi connectivity index (χ2v) is 6.97. The first kappa shape index (κ1) is 17.0. The summed E-state index contributed by atoms with van der Waals surface area (Å²) in [6.45, 7) is 8.91. The van der Waals surface area contributed by atoms with Crippen LogP contribution in [0.3, 0.4) is 0 Å². The van der Waals surface area contributed by atoms with Crippen molar-refractivity contribution >= 4 is 27.5 Å². The van der Waals surface area contributed by atoms with Gasteiger partial charge in [0.1, 0.15) is 0 Å². The van der Waals surface area contributed by atoms with Crippen molar-refractivity contribution in [3.05, 3.63) is 33.3 Å². The summed E-state index contributed by atoms with van der Waals surface area (Å²) in [5, 5.41) is 4.44. The van der Waals surface area contributed by atoms with Crippen molar-refractivity contribution in [1.29, 1.82) is 0 Å². The first-order valence-electron chi connectivity index (χ1n) is 7.17. The second kappa shape index (κ2) is 8.99. The molecule has 0 aliphatic rings. The average Bonchev–Trinajstić information content (AvgIpc) is 2.32. The Hall–Kier alpha value is -0.0500. The third kappa shape index (κ3) is 6.78. The van der Waals surface area contributed by atoms with E-state index in [0.717, 1.165) is 29.0 Å². The maximum Gasteiger partial charge on any atom is 0.0449 e. The van der Waals surface area contributed by atoms with Crippen LogP contribution in [0.25, 0.3) is 0 Å². The Bertz CT molecular complexity index is 379. The van der Waals surface area contributed by atoms with Crippen molar-refractivity contribution < 1.29 is 0 Å². The standard InChI is InChI=1S/C16H25BrClN/c1-4-5-13(11-19-10-12(2)3)8-14-6-7-15(17)9-16(14)18/h6-7,9,12-13,19H,4-5,8,10-11H2,1-3H3. The molecule has 1 nitrogen and oxygen atoms in total. The summed E-state index contributed by atoms with van der Waals surface area (Å²) < 4.78 is 1.05. The lowest BCUT2D eigenvalue weighted by Gasteiger charge is -2.18. The molecule has 19 heavy (non-hydrogen) atoms. The van der Waals surface area contributed by atoms with Gasteiger partial charge in [0.25, 0.3) is 0 Å². The third-order valence-corrected chi connectivity index (χ3v) is 4.05. The molecule has 0 saturated carbocycles. The van der Waals surface area contributed by atoms with Gasteiger partial charge in [-0.2, -0.15) is 0 Å². The van der Waals surface area contributed by atoms with E-state index in [1.54, 1.807) is 0 Å². The van der Waals surface area contributed by atoms with E-state index in [9.17, 15) is 0 Å². The highest BCUT2D eigenvalue weighted by atomic mass is 79.9. The number of hydrogen-bond donors (Lipinski definition) is 1. The van der Waals surface area contributed by atoms with Crippen molar-refractivity contribution in [3.8, 4) is 0 Å². The van der Waals surface area contributed by atoms with Crippen LogP contribution in [0.1, 0.15) is 39.2 Å². The van der Waals surface area contributed by atoms with Crippen molar-refractivity contribution in [2.24, 2.45) is 11.8 Å². The number of halogens is 2. The molecular weight excluding hydrogens is 322 g/mol. The van der Waals surface area contributed by atoms with E-state index in [2.05, 4.69) is 54.2 Å². The largest absolute Gasteiger partial charge is 0.316 e. The van der Waals surface area contributed by atoms with E-state index in [-0.39, 0.29) is 0 Å². The summed E-state index contributed by atoms with van der Waals surface area (Å²) >= 11 is 9.76. The molecule has 108 valence electrons. The summed E-state index contributed by atoms with van der Waals surface area (Å²) in [4.78, 5) is 0. The normalized spacial score (nSPS) is 12.9. The van der Waals surface area contributed by atoms with Gasteiger partial charge in [-0.15, -0.1) is 0 Å². The zero-order valence-corrected chi connectivity index (χ0v) is 14.5. The Balaban J connectivity index is 2.56. The molecule has 0 radical (unpaired) electrons. The lowest BCUT2D eigenvalue weighted by molar-refractivity contribution is 0.421. The van der Waals surface area contributed by atoms with Gasteiger partial charge in [0.2, 0.25) is 0 Å². The molecule has 3 heteroatoms. The van der Waals surface area contributed by atoms with Crippen LogP contribution in [0.5, 0.6) is 0 Å². The Morgan fingerprint density at radius 3 is 2.58 bits per heavy atom. The number of rotatable bonds is 8. The van der Waals surface area contributed by atoms with Crippen LogP contribution < -0.4 is 5.32 Å². The molecule has 1 N–H and O–H groups in total. The van der Waals surface area contributed by atoms with Crippen LogP contribution in [-0.2, 0) is 6.42 Å². The predicted octanol–water partition coefficient (Wildman–Crippen LogP) is 5.31. The van der Waals surface area contributed by atoms with E-state index >= 15 is 0 Å². The van der Waals surface area contributed by atoms with Gasteiger partial charge < -0.3 is 5.32 Å². The summed E-state index contributed by atoms with van der Waals surface area (Å²) in [5.41, 5.74) is 1.26. The Morgan fingerprint density at radius 1 is 1.26 bits per heavy atom. The molecule has 1 rings (SSSR count). The molecule has 0 aromatic heterocycles. The molecule has 0 amide bonds. The van der Waals surface area contributed by atoms with Crippen LogP contribution >= 0.6 is 27.5 Å². The van der Waals surface area contributed by atoms with Gasteiger partial charge in [0, 0.05) is 9.50 Å². The van der Waals surface area contributed by atoms with E-state index < -0.39 is 0 Å². The highest BCUT2D eigenvalue weighted by Crippen LogP contribution is 2.24. The maximum absolute atomic E-state index is 6.31. The summed E-state index contributed by atoms with van der Waals surface area (Å²) in [6.07, 6.45) is 3.53. The van der Waals surface area contributed by atoms with Crippen molar-refractivity contribution in [2.75, 3.05) is 13.1 Å². The van der Waals surface area contributed by atoms with Crippen molar-refractivity contribution in [1.82, 2.24) is 5.32 Å². The van der Waals surface area contributed by atoms with Crippen LogP contribution in [0.2, 0.25) is 5.02 Å². The van der Waals surface area contributed by atoms with Gasteiger partial charge in [-0.3, -0.25) is 0 Å². The third-order valence-electron chi connectivity index (χ3n) is 3.21. The minimum Gasteiger partial charge on any atom is -0.316 e. The molecule has 1 unspecified atom stereocenters. The van der Waals surface area contributed by atoms with E-state index in [0.29, 0.717) is 11.8 Å². The van der Waals surface area contributed by atoms with Crippen molar-refractivity contribution in [2.45, 2.75) is 40.0 Å². The molecule has 0 spiro atoms.